The fourth-order valence-corrected chi connectivity index (χ4v) is 9.13. The summed E-state index contributed by atoms with van der Waals surface area (Å²) in [5.74, 6) is -2.57. The number of carbonyl (C=O) groups is 2. The van der Waals surface area contributed by atoms with Gasteiger partial charge in [0, 0.05) is 78.1 Å². The second-order valence-corrected chi connectivity index (χ2v) is 19.0. The van der Waals surface area contributed by atoms with E-state index < -0.39 is 54.7 Å². The standard InChI is InChI=1S/C41H46N6O10S2/c1-40(2)20-25(22-58(51,52)53)28-16-31-35(18-33(28)46(40)5)57-36-19-34-29(26(23-59(54,55)56)21-41(3,4)47(34)6)17-32(36)37(31)30-15-24(11-12-27(30)39(49)50)38(48)43-13-9-7-8-10-14-44-45-42/h11-12,15-21H,7-10,13-14,22-23H2,1-6H3,(H3-,43,48,49,50,51,52,53,54,55,56)/p+1. The zero-order valence-electron chi connectivity index (χ0n) is 33.6. The highest BCUT2D eigenvalue weighted by Crippen LogP contribution is 2.47. The van der Waals surface area contributed by atoms with E-state index in [2.05, 4.69) is 15.3 Å². The Bertz CT molecular complexity index is 2770. The van der Waals surface area contributed by atoms with Crippen molar-refractivity contribution in [3.05, 3.63) is 109 Å². The summed E-state index contributed by atoms with van der Waals surface area (Å²) in [6.45, 7) is 8.27. The Morgan fingerprint density at radius 3 is 2.17 bits per heavy atom. The summed E-state index contributed by atoms with van der Waals surface area (Å²) < 4.78 is 78.0. The van der Waals surface area contributed by atoms with E-state index in [1.165, 1.54) is 18.2 Å². The number of amides is 1. The Labute approximate surface area is 342 Å². The highest BCUT2D eigenvalue weighted by molar-refractivity contribution is 7.86. The first-order valence-corrected chi connectivity index (χ1v) is 22.1. The number of anilines is 1. The first-order valence-electron chi connectivity index (χ1n) is 18.9. The molecule has 0 aromatic heterocycles. The third kappa shape index (κ3) is 9.06. The highest BCUT2D eigenvalue weighted by atomic mass is 32.2. The summed E-state index contributed by atoms with van der Waals surface area (Å²) in [5, 5.41) is 18.0. The quantitative estimate of drug-likeness (QED) is 0.0328. The van der Waals surface area contributed by atoms with Gasteiger partial charge in [0.2, 0.25) is 5.36 Å². The zero-order valence-corrected chi connectivity index (χ0v) is 35.2. The number of likely N-dealkylation sites (N-methyl/N-ethyl adjacent to an activating group) is 2. The normalized spacial score (nSPS) is 16.3. The van der Waals surface area contributed by atoms with Crippen LogP contribution in [0.4, 0.5) is 5.69 Å². The predicted molar refractivity (Wildman–Crippen MR) is 225 cm³/mol. The van der Waals surface area contributed by atoms with E-state index in [-0.39, 0.29) is 16.7 Å². The van der Waals surface area contributed by atoms with Crippen LogP contribution < -0.4 is 30.1 Å². The van der Waals surface area contributed by atoms with Gasteiger partial charge in [-0.3, -0.25) is 13.9 Å². The number of carboxylic acid groups (broad SMARTS) is 1. The number of nitrogens with zero attached hydrogens (tertiary/aromatic N) is 5. The number of carbonyl (C=O) groups excluding carboxylic acids is 1. The number of rotatable bonds is 14. The molecule has 1 amide bonds. The molecule has 0 radical (unpaired) electrons. The van der Waals surface area contributed by atoms with Crippen molar-refractivity contribution in [1.29, 1.82) is 0 Å². The number of benzene rings is 3. The number of hydrogen-bond acceptors (Lipinski definition) is 9. The Hall–Kier alpha value is -5.52. The van der Waals surface area contributed by atoms with E-state index in [1.807, 2.05) is 51.3 Å². The van der Waals surface area contributed by atoms with E-state index in [0.717, 1.165) is 19.3 Å². The van der Waals surface area contributed by atoms with Crippen LogP contribution in [0.15, 0.2) is 59.7 Å². The molecule has 6 rings (SSSR count). The largest absolute Gasteiger partial charge is 0.478 e. The number of hydrogen-bond donors (Lipinski definition) is 4. The first-order chi connectivity index (χ1) is 27.5. The minimum absolute atomic E-state index is 0.128. The van der Waals surface area contributed by atoms with Gasteiger partial charge in [-0.2, -0.15) is 16.8 Å². The number of fused-ring (bicyclic) bond motifs is 4. The van der Waals surface area contributed by atoms with Crippen LogP contribution in [0.25, 0.3) is 27.2 Å². The van der Waals surface area contributed by atoms with E-state index in [1.54, 1.807) is 36.4 Å². The molecule has 3 aromatic rings. The molecule has 3 aromatic carbocycles. The number of azide groups is 1. The van der Waals surface area contributed by atoms with Crippen molar-refractivity contribution in [2.45, 2.75) is 64.5 Å². The van der Waals surface area contributed by atoms with Crippen molar-refractivity contribution in [3.63, 3.8) is 0 Å². The van der Waals surface area contributed by atoms with Gasteiger partial charge in [-0.15, -0.1) is 0 Å². The molecule has 4 N–H and O–H groups in total. The lowest BCUT2D eigenvalue weighted by Gasteiger charge is -2.41. The molecule has 3 heterocycles. The minimum Gasteiger partial charge on any atom is -0.478 e. The van der Waals surface area contributed by atoms with Crippen LogP contribution in [0.5, 0.6) is 11.5 Å². The third-order valence-electron chi connectivity index (χ3n) is 11.1. The van der Waals surface area contributed by atoms with Gasteiger partial charge < -0.3 is 20.1 Å². The van der Waals surface area contributed by atoms with E-state index >= 15 is 0 Å². The van der Waals surface area contributed by atoms with Crippen molar-refractivity contribution >= 4 is 54.5 Å². The molecule has 3 aliphatic rings. The predicted octanol–water partition coefficient (Wildman–Crippen LogP) is 5.02. The first kappa shape index (κ1) is 43.1. The summed E-state index contributed by atoms with van der Waals surface area (Å²) in [6.07, 6.45) is 6.44. The van der Waals surface area contributed by atoms with Crippen molar-refractivity contribution in [2.75, 3.05) is 43.6 Å². The van der Waals surface area contributed by atoms with Gasteiger partial charge in [0.25, 0.3) is 26.1 Å². The van der Waals surface area contributed by atoms with Gasteiger partial charge in [0.1, 0.15) is 30.1 Å². The van der Waals surface area contributed by atoms with Crippen LogP contribution in [0.3, 0.4) is 0 Å². The van der Waals surface area contributed by atoms with Gasteiger partial charge in [-0.25, -0.2) is 9.37 Å². The molecule has 0 spiro atoms. The minimum atomic E-state index is -4.51. The van der Waals surface area contributed by atoms with Crippen molar-refractivity contribution in [2.24, 2.45) is 5.11 Å². The molecule has 59 heavy (non-hydrogen) atoms. The SMILES string of the molecule is CN1c2cc3c(cc2C(CS(=O)(=O)O)=CC1(C)C)C(c1cc(C(=O)NCCCCCCN=[N+]=[N-])ccc1C(=O)O)=c1cc2c(cc1O3)=[N+](C)C(C)(C)C=C2CS(=O)(=O)O. The second kappa shape index (κ2) is 15.9. The smallest absolute Gasteiger partial charge is 0.336 e. The van der Waals surface area contributed by atoms with Crippen LogP contribution in [0, 0.1) is 0 Å². The molecule has 16 nitrogen and oxygen atoms in total. The van der Waals surface area contributed by atoms with Gasteiger partial charge in [0.05, 0.1) is 22.7 Å². The zero-order chi connectivity index (χ0) is 43.2. The molecule has 312 valence electrons. The van der Waals surface area contributed by atoms with Crippen molar-refractivity contribution < 1.29 is 45.4 Å². The van der Waals surface area contributed by atoms with E-state index in [9.17, 15) is 40.6 Å². The van der Waals surface area contributed by atoms with Gasteiger partial charge in [-0.05, 0) is 85.3 Å². The molecule has 0 saturated heterocycles. The maximum Gasteiger partial charge on any atom is 0.336 e. The Morgan fingerprint density at radius 2 is 1.53 bits per heavy atom. The lowest BCUT2D eigenvalue weighted by atomic mass is 9.83. The summed E-state index contributed by atoms with van der Waals surface area (Å²) >= 11 is 0. The second-order valence-electron chi connectivity index (χ2n) is 16.1. The molecule has 0 atom stereocenters. The lowest BCUT2D eigenvalue weighted by Crippen LogP contribution is -2.47. The molecular formula is C41H47N6O10S2+. The van der Waals surface area contributed by atoms with Crippen molar-refractivity contribution in [3.8, 4) is 11.5 Å². The maximum atomic E-state index is 13.6. The average Bonchev–Trinajstić information content (AvgIpc) is 3.13. The van der Waals surface area contributed by atoms with Crippen LogP contribution >= 0.6 is 0 Å². The number of aromatic carboxylic acids is 1. The molecule has 3 aliphatic heterocycles. The van der Waals surface area contributed by atoms with Crippen LogP contribution in [0.1, 0.15) is 96.3 Å². The van der Waals surface area contributed by atoms with Gasteiger partial charge in [-0.1, -0.05) is 24.0 Å². The summed E-state index contributed by atoms with van der Waals surface area (Å²) in [7, 11) is -5.36. The molecule has 0 saturated carbocycles. The number of carboxylic acids is 1. The number of unbranched alkanes of at least 4 members (excludes halogenated alkanes) is 3. The summed E-state index contributed by atoms with van der Waals surface area (Å²) in [5.41, 5.74) is 9.89. The molecule has 0 unspecified atom stereocenters. The average molecular weight is 848 g/mol. The fourth-order valence-electron chi connectivity index (χ4n) is 7.86. The van der Waals surface area contributed by atoms with E-state index in [4.69, 9.17) is 10.3 Å². The summed E-state index contributed by atoms with van der Waals surface area (Å²) in [4.78, 5) is 31.3. The third-order valence-corrected chi connectivity index (χ3v) is 12.5. The van der Waals surface area contributed by atoms with Crippen LogP contribution in [0.2, 0.25) is 0 Å². The topological polar surface area (TPSA) is 239 Å². The van der Waals surface area contributed by atoms with Gasteiger partial charge >= 0.3 is 5.97 Å². The maximum absolute atomic E-state index is 13.6. The van der Waals surface area contributed by atoms with Crippen LogP contribution in [-0.2, 0) is 20.2 Å². The monoisotopic (exact) mass is 847 g/mol. The number of nitrogens with one attached hydrogen (secondary N) is 1. The molecule has 0 aliphatic carbocycles. The van der Waals surface area contributed by atoms with E-state index in [0.29, 0.717) is 80.7 Å². The summed E-state index contributed by atoms with van der Waals surface area (Å²) in [6, 6.07) is 11.0. The van der Waals surface area contributed by atoms with Crippen molar-refractivity contribution in [1.82, 2.24) is 9.89 Å². The molecule has 0 fully saturated rings. The number of ether oxygens (including phenoxy) is 1. The molecule has 0 bridgehead atoms. The Kier molecular flexibility index (Phi) is 11.6. The van der Waals surface area contributed by atoms with Gasteiger partial charge in [0.15, 0.2) is 5.54 Å². The lowest BCUT2D eigenvalue weighted by molar-refractivity contribution is 0.0695. The van der Waals surface area contributed by atoms with Crippen LogP contribution in [-0.4, -0.2) is 92.7 Å². The highest BCUT2D eigenvalue weighted by Gasteiger charge is 2.37. The molecular weight excluding hydrogens is 801 g/mol. The fraction of sp³-hybridized carbons (Fsp3) is 0.390. The Balaban J connectivity index is 1.62. The Morgan fingerprint density at radius 1 is 0.864 bits per heavy atom. The molecule has 18 heteroatoms.